The summed E-state index contributed by atoms with van der Waals surface area (Å²) in [6, 6.07) is 12.6. The van der Waals surface area contributed by atoms with Gasteiger partial charge in [-0.3, -0.25) is 9.78 Å². The van der Waals surface area contributed by atoms with Gasteiger partial charge in [0.05, 0.1) is 6.04 Å². The van der Waals surface area contributed by atoms with Crippen molar-refractivity contribution in [2.45, 2.75) is 38.3 Å². The lowest BCUT2D eigenvalue weighted by Crippen LogP contribution is -2.38. The average Bonchev–Trinajstić information content (AvgIpc) is 3.09. The highest BCUT2D eigenvalue weighted by atomic mass is 79.9. The van der Waals surface area contributed by atoms with Crippen molar-refractivity contribution in [3.05, 3.63) is 65.0 Å². The molecule has 1 aliphatic rings. The Morgan fingerprint density at radius 2 is 2.15 bits per heavy atom. The lowest BCUT2D eigenvalue weighted by atomic mass is 9.96. The van der Waals surface area contributed by atoms with Crippen LogP contribution in [0.25, 0.3) is 10.9 Å². The van der Waals surface area contributed by atoms with E-state index in [9.17, 15) is 4.79 Å². The number of carbonyl (C=O) groups excluding carboxylic acids is 1. The van der Waals surface area contributed by atoms with Crippen molar-refractivity contribution in [1.82, 2.24) is 14.5 Å². The summed E-state index contributed by atoms with van der Waals surface area (Å²) in [6.07, 6.45) is 9.55. The van der Waals surface area contributed by atoms with E-state index in [1.54, 1.807) is 6.20 Å². The van der Waals surface area contributed by atoms with Crippen LogP contribution in [0.15, 0.2) is 59.5 Å². The molecule has 1 aliphatic heterocycles. The van der Waals surface area contributed by atoms with Crippen molar-refractivity contribution in [1.29, 1.82) is 0 Å². The largest absolute Gasteiger partial charge is 0.347 e. The number of piperidine rings is 1. The maximum Gasteiger partial charge on any atom is 0.224 e. The highest BCUT2D eigenvalue weighted by molar-refractivity contribution is 9.10. The topological polar surface area (TPSA) is 38.1 Å². The van der Waals surface area contributed by atoms with Crippen LogP contribution in [0.4, 0.5) is 0 Å². The molecule has 0 aliphatic carbocycles. The molecule has 0 spiro atoms. The van der Waals surface area contributed by atoms with Gasteiger partial charge in [0.1, 0.15) is 0 Å². The summed E-state index contributed by atoms with van der Waals surface area (Å²) in [6.45, 7) is 1.55. The standard InChI is InChI=1S/C21H22BrN3O/c22-18-7-6-16-8-12-24(20(16)14-18)13-9-21(26)25-11-2-1-5-19(25)17-4-3-10-23-15-17/h3-4,6-8,10,12,14-15,19H,1-2,5,9,11,13H2. The number of halogens is 1. The van der Waals surface area contributed by atoms with E-state index in [-0.39, 0.29) is 11.9 Å². The number of hydrogen-bond donors (Lipinski definition) is 0. The van der Waals surface area contributed by atoms with Crippen molar-refractivity contribution < 1.29 is 4.79 Å². The molecule has 0 N–H and O–H groups in total. The van der Waals surface area contributed by atoms with Gasteiger partial charge in [0.25, 0.3) is 0 Å². The van der Waals surface area contributed by atoms with Gasteiger partial charge < -0.3 is 9.47 Å². The summed E-state index contributed by atoms with van der Waals surface area (Å²) in [4.78, 5) is 19.3. The fourth-order valence-electron chi connectivity index (χ4n) is 3.86. The number of aryl methyl sites for hydroxylation is 1. The zero-order valence-corrected chi connectivity index (χ0v) is 16.2. The van der Waals surface area contributed by atoms with E-state index in [4.69, 9.17) is 0 Å². The van der Waals surface area contributed by atoms with Gasteiger partial charge in [0.15, 0.2) is 0 Å². The van der Waals surface area contributed by atoms with E-state index in [0.717, 1.165) is 34.9 Å². The second-order valence-electron chi connectivity index (χ2n) is 6.85. The summed E-state index contributed by atoms with van der Waals surface area (Å²) >= 11 is 3.53. The quantitative estimate of drug-likeness (QED) is 0.609. The normalized spacial score (nSPS) is 17.6. The molecule has 1 aromatic carbocycles. The van der Waals surface area contributed by atoms with Gasteiger partial charge in [-0.15, -0.1) is 0 Å². The molecule has 0 radical (unpaired) electrons. The molecule has 2 aromatic heterocycles. The van der Waals surface area contributed by atoms with Gasteiger partial charge in [-0.1, -0.05) is 28.1 Å². The van der Waals surface area contributed by atoms with E-state index >= 15 is 0 Å². The maximum atomic E-state index is 13.0. The molecule has 1 fully saturated rings. The number of benzene rings is 1. The van der Waals surface area contributed by atoms with E-state index in [2.05, 4.69) is 60.8 Å². The summed E-state index contributed by atoms with van der Waals surface area (Å²) in [7, 11) is 0. The molecule has 1 atom stereocenters. The highest BCUT2D eigenvalue weighted by Gasteiger charge is 2.27. The molecule has 3 heterocycles. The fraction of sp³-hybridized carbons (Fsp3) is 0.333. The lowest BCUT2D eigenvalue weighted by molar-refractivity contribution is -0.135. The van der Waals surface area contributed by atoms with Gasteiger partial charge in [-0.2, -0.15) is 0 Å². The summed E-state index contributed by atoms with van der Waals surface area (Å²) in [5.41, 5.74) is 2.31. The Kier molecular flexibility index (Phi) is 5.07. The van der Waals surface area contributed by atoms with E-state index in [1.165, 1.54) is 11.8 Å². The molecule has 5 heteroatoms. The lowest BCUT2D eigenvalue weighted by Gasteiger charge is -2.36. The monoisotopic (exact) mass is 411 g/mol. The number of likely N-dealkylation sites (tertiary alicyclic amines) is 1. The van der Waals surface area contributed by atoms with Crippen LogP contribution >= 0.6 is 15.9 Å². The first-order chi connectivity index (χ1) is 12.7. The first kappa shape index (κ1) is 17.3. The predicted octanol–water partition coefficient (Wildman–Crippen LogP) is 4.94. The Morgan fingerprint density at radius 3 is 3.00 bits per heavy atom. The van der Waals surface area contributed by atoms with Crippen LogP contribution in [-0.2, 0) is 11.3 Å². The zero-order chi connectivity index (χ0) is 17.9. The minimum absolute atomic E-state index is 0.167. The maximum absolute atomic E-state index is 13.0. The molecule has 1 saturated heterocycles. The summed E-state index contributed by atoms with van der Waals surface area (Å²) in [5.74, 6) is 0.232. The van der Waals surface area contributed by atoms with Crippen molar-refractivity contribution in [2.75, 3.05) is 6.54 Å². The number of hydrogen-bond acceptors (Lipinski definition) is 2. The van der Waals surface area contributed by atoms with E-state index < -0.39 is 0 Å². The first-order valence-electron chi connectivity index (χ1n) is 9.16. The molecular formula is C21H22BrN3O. The van der Waals surface area contributed by atoms with Crippen LogP contribution in [0.5, 0.6) is 0 Å². The van der Waals surface area contributed by atoms with Crippen LogP contribution < -0.4 is 0 Å². The average molecular weight is 412 g/mol. The summed E-state index contributed by atoms with van der Waals surface area (Å²) in [5, 5.41) is 1.20. The SMILES string of the molecule is O=C(CCn1ccc2ccc(Br)cc21)N1CCCCC1c1cccnc1. The minimum atomic E-state index is 0.167. The number of fused-ring (bicyclic) bond motifs is 1. The van der Waals surface area contributed by atoms with Crippen LogP contribution in [0.2, 0.25) is 0 Å². The first-order valence-corrected chi connectivity index (χ1v) is 9.95. The van der Waals surface area contributed by atoms with Crippen molar-refractivity contribution in [3.63, 3.8) is 0 Å². The Morgan fingerprint density at radius 1 is 1.23 bits per heavy atom. The van der Waals surface area contributed by atoms with Gasteiger partial charge in [0.2, 0.25) is 5.91 Å². The van der Waals surface area contributed by atoms with Gasteiger partial charge in [-0.25, -0.2) is 0 Å². The zero-order valence-electron chi connectivity index (χ0n) is 14.6. The van der Waals surface area contributed by atoms with Crippen molar-refractivity contribution in [3.8, 4) is 0 Å². The molecule has 134 valence electrons. The molecule has 26 heavy (non-hydrogen) atoms. The molecule has 4 rings (SSSR count). The number of rotatable bonds is 4. The van der Waals surface area contributed by atoms with E-state index in [0.29, 0.717) is 13.0 Å². The third-order valence-electron chi connectivity index (χ3n) is 5.19. The molecular weight excluding hydrogens is 390 g/mol. The molecule has 4 nitrogen and oxygen atoms in total. The van der Waals surface area contributed by atoms with Crippen molar-refractivity contribution >= 4 is 32.7 Å². The number of pyridine rings is 1. The van der Waals surface area contributed by atoms with Crippen LogP contribution in [-0.4, -0.2) is 26.9 Å². The third kappa shape index (κ3) is 3.54. The van der Waals surface area contributed by atoms with E-state index in [1.807, 2.05) is 18.3 Å². The van der Waals surface area contributed by atoms with Crippen LogP contribution in [0.3, 0.4) is 0 Å². The smallest absolute Gasteiger partial charge is 0.224 e. The second kappa shape index (κ2) is 7.62. The number of aromatic nitrogens is 2. The minimum Gasteiger partial charge on any atom is -0.347 e. The molecule has 0 saturated carbocycles. The Bertz CT molecular complexity index is 906. The summed E-state index contributed by atoms with van der Waals surface area (Å²) < 4.78 is 3.23. The van der Waals surface area contributed by atoms with Crippen LogP contribution in [0.1, 0.15) is 37.3 Å². The van der Waals surface area contributed by atoms with Crippen molar-refractivity contribution in [2.24, 2.45) is 0 Å². The number of nitrogens with zero attached hydrogens (tertiary/aromatic N) is 3. The molecule has 3 aromatic rings. The van der Waals surface area contributed by atoms with Crippen LogP contribution in [0, 0.1) is 0 Å². The number of amides is 1. The predicted molar refractivity (Wildman–Crippen MR) is 107 cm³/mol. The Labute approximate surface area is 162 Å². The number of carbonyl (C=O) groups is 1. The fourth-order valence-corrected chi connectivity index (χ4v) is 4.21. The highest BCUT2D eigenvalue weighted by Crippen LogP contribution is 2.31. The molecule has 1 unspecified atom stereocenters. The second-order valence-corrected chi connectivity index (χ2v) is 7.76. The Balaban J connectivity index is 1.48. The molecule has 0 bridgehead atoms. The molecule has 1 amide bonds. The third-order valence-corrected chi connectivity index (χ3v) is 5.69. The Hall–Kier alpha value is -2.14. The van der Waals surface area contributed by atoms with Gasteiger partial charge in [-0.05, 0) is 54.5 Å². The van der Waals surface area contributed by atoms with Gasteiger partial charge >= 0.3 is 0 Å². The van der Waals surface area contributed by atoms with Gasteiger partial charge in [0, 0.05) is 48.1 Å².